The van der Waals surface area contributed by atoms with Crippen molar-refractivity contribution in [3.05, 3.63) is 50.5 Å². The number of thiophene rings is 1. The van der Waals surface area contributed by atoms with Crippen molar-refractivity contribution in [1.82, 2.24) is 14.3 Å². The Morgan fingerprint density at radius 3 is 2.92 bits per heavy atom. The van der Waals surface area contributed by atoms with E-state index in [1.54, 1.807) is 22.9 Å². The summed E-state index contributed by atoms with van der Waals surface area (Å²) < 4.78 is 1.46. The summed E-state index contributed by atoms with van der Waals surface area (Å²) in [7, 11) is 0. The van der Waals surface area contributed by atoms with E-state index < -0.39 is 0 Å². The number of aromatic nitrogens is 2. The number of carbonyl (C=O) groups is 1. The molecule has 0 unspecified atom stereocenters. The molecule has 0 saturated heterocycles. The summed E-state index contributed by atoms with van der Waals surface area (Å²) in [6.07, 6.45) is 8.67. The molecule has 1 N–H and O–H groups in total. The van der Waals surface area contributed by atoms with Gasteiger partial charge in [0.05, 0.1) is 6.20 Å². The Morgan fingerprint density at radius 2 is 2.15 bits per heavy atom. The van der Waals surface area contributed by atoms with Gasteiger partial charge >= 0.3 is 6.03 Å². The van der Waals surface area contributed by atoms with Crippen LogP contribution < -0.4 is 10.9 Å². The van der Waals surface area contributed by atoms with Crippen molar-refractivity contribution in [1.29, 1.82) is 0 Å². The molecule has 2 amide bonds. The molecule has 4 rings (SSSR count). The van der Waals surface area contributed by atoms with Gasteiger partial charge in [-0.25, -0.2) is 9.78 Å². The highest BCUT2D eigenvalue weighted by Gasteiger charge is 2.26. The number of hydrogen-bond acceptors (Lipinski definition) is 5. The van der Waals surface area contributed by atoms with E-state index in [0.717, 1.165) is 31.2 Å². The maximum atomic E-state index is 13.0. The Labute approximate surface area is 159 Å². The van der Waals surface area contributed by atoms with Gasteiger partial charge in [0.1, 0.15) is 5.69 Å². The fraction of sp³-hybridized carbons (Fsp3) is 0.389. The van der Waals surface area contributed by atoms with E-state index in [4.69, 9.17) is 0 Å². The smallest absolute Gasteiger partial charge is 0.317 e. The fourth-order valence-corrected chi connectivity index (χ4v) is 4.77. The Balaban J connectivity index is 1.58. The number of hydrogen-bond donors (Lipinski definition) is 1. The number of nitrogens with zero attached hydrogens (tertiary/aromatic N) is 3. The predicted octanol–water partition coefficient (Wildman–Crippen LogP) is 4.18. The summed E-state index contributed by atoms with van der Waals surface area (Å²) in [6, 6.07) is 2.03. The molecule has 0 aromatic carbocycles. The standard InChI is InChI=1S/C18H20N4O2S2/c23-16-15(10-19-18-21(16)7-9-26-18)20-17(24)22(11-13-6-8-25-12-13)14-4-2-1-3-5-14/h6-10,12,14H,1-5,11H2,(H,20,24). The second-order valence-electron chi connectivity index (χ2n) is 6.51. The predicted molar refractivity (Wildman–Crippen MR) is 105 cm³/mol. The van der Waals surface area contributed by atoms with E-state index in [9.17, 15) is 9.59 Å². The topological polar surface area (TPSA) is 66.7 Å². The average Bonchev–Trinajstić information content (AvgIpc) is 3.34. The molecule has 0 aliphatic heterocycles. The number of carbonyl (C=O) groups excluding carboxylic acids is 1. The Kier molecular flexibility index (Phi) is 5.03. The SMILES string of the molecule is O=C(Nc1cnc2sccn2c1=O)N(Cc1ccsc1)C1CCCCC1. The monoisotopic (exact) mass is 388 g/mol. The van der Waals surface area contributed by atoms with Gasteiger partial charge in [0, 0.05) is 24.2 Å². The minimum atomic E-state index is -0.247. The van der Waals surface area contributed by atoms with Crippen LogP contribution in [0.5, 0.6) is 0 Å². The number of fused-ring (bicyclic) bond motifs is 1. The molecular formula is C18H20N4O2S2. The third-order valence-electron chi connectivity index (χ3n) is 4.79. The number of nitrogens with one attached hydrogen (secondary N) is 1. The third kappa shape index (κ3) is 3.52. The van der Waals surface area contributed by atoms with Crippen LogP contribution >= 0.6 is 22.7 Å². The molecule has 1 aliphatic rings. The lowest BCUT2D eigenvalue weighted by Crippen LogP contribution is -2.44. The van der Waals surface area contributed by atoms with E-state index in [1.807, 2.05) is 16.3 Å². The van der Waals surface area contributed by atoms with Crippen LogP contribution in [0.1, 0.15) is 37.7 Å². The van der Waals surface area contributed by atoms with Crippen molar-refractivity contribution in [2.24, 2.45) is 0 Å². The molecule has 0 bridgehead atoms. The molecule has 26 heavy (non-hydrogen) atoms. The van der Waals surface area contributed by atoms with Crippen molar-refractivity contribution >= 4 is 39.4 Å². The fourth-order valence-electron chi connectivity index (χ4n) is 3.44. The second kappa shape index (κ2) is 7.59. The van der Waals surface area contributed by atoms with E-state index in [0.29, 0.717) is 11.5 Å². The number of thiazole rings is 1. The summed E-state index contributed by atoms with van der Waals surface area (Å²) in [5.74, 6) is 0. The minimum Gasteiger partial charge on any atom is -0.317 e. The highest BCUT2D eigenvalue weighted by Crippen LogP contribution is 2.25. The molecule has 3 aromatic rings. The van der Waals surface area contributed by atoms with Gasteiger partial charge in [-0.3, -0.25) is 9.20 Å². The zero-order valence-corrected chi connectivity index (χ0v) is 15.9. The van der Waals surface area contributed by atoms with Crippen LogP contribution in [-0.4, -0.2) is 26.4 Å². The first-order chi connectivity index (χ1) is 12.7. The Bertz CT molecular complexity index is 942. The zero-order chi connectivity index (χ0) is 17.9. The van der Waals surface area contributed by atoms with Gasteiger partial charge in [0.15, 0.2) is 4.96 Å². The Hall–Kier alpha value is -2.19. The summed E-state index contributed by atoms with van der Waals surface area (Å²) in [4.78, 5) is 32.3. The number of urea groups is 1. The van der Waals surface area contributed by atoms with E-state index >= 15 is 0 Å². The quantitative estimate of drug-likeness (QED) is 0.729. The summed E-state index contributed by atoms with van der Waals surface area (Å²) >= 11 is 3.02. The summed E-state index contributed by atoms with van der Waals surface area (Å²) in [6.45, 7) is 0.565. The maximum Gasteiger partial charge on any atom is 0.322 e. The maximum absolute atomic E-state index is 13.0. The second-order valence-corrected chi connectivity index (χ2v) is 8.17. The molecule has 6 nitrogen and oxygen atoms in total. The van der Waals surface area contributed by atoms with E-state index in [-0.39, 0.29) is 23.3 Å². The van der Waals surface area contributed by atoms with Gasteiger partial charge in [-0.2, -0.15) is 11.3 Å². The zero-order valence-electron chi connectivity index (χ0n) is 14.3. The molecule has 3 heterocycles. The van der Waals surface area contributed by atoms with Crippen LogP contribution in [0.2, 0.25) is 0 Å². The Morgan fingerprint density at radius 1 is 1.31 bits per heavy atom. The number of amides is 2. The van der Waals surface area contributed by atoms with Crippen LogP contribution in [0, 0.1) is 0 Å². The largest absolute Gasteiger partial charge is 0.322 e. The van der Waals surface area contributed by atoms with Crippen molar-refractivity contribution in [2.75, 3.05) is 5.32 Å². The summed E-state index contributed by atoms with van der Waals surface area (Å²) in [5.41, 5.74) is 1.10. The molecule has 1 fully saturated rings. The lowest BCUT2D eigenvalue weighted by molar-refractivity contribution is 0.163. The lowest BCUT2D eigenvalue weighted by atomic mass is 9.94. The van der Waals surface area contributed by atoms with E-state index in [2.05, 4.69) is 15.7 Å². The molecule has 0 atom stereocenters. The first-order valence-electron chi connectivity index (χ1n) is 8.76. The van der Waals surface area contributed by atoms with Crippen LogP contribution in [0.25, 0.3) is 4.96 Å². The number of rotatable bonds is 4. The normalized spacial score (nSPS) is 15.2. The van der Waals surface area contributed by atoms with Crippen LogP contribution in [0.15, 0.2) is 39.4 Å². The van der Waals surface area contributed by atoms with Crippen molar-refractivity contribution in [2.45, 2.75) is 44.7 Å². The highest BCUT2D eigenvalue weighted by atomic mass is 32.1. The molecular weight excluding hydrogens is 368 g/mol. The molecule has 1 saturated carbocycles. The first-order valence-corrected chi connectivity index (χ1v) is 10.6. The van der Waals surface area contributed by atoms with Crippen molar-refractivity contribution < 1.29 is 4.79 Å². The molecule has 8 heteroatoms. The average molecular weight is 389 g/mol. The summed E-state index contributed by atoms with van der Waals surface area (Å²) in [5, 5.41) is 8.69. The third-order valence-corrected chi connectivity index (χ3v) is 6.30. The minimum absolute atomic E-state index is 0.212. The number of anilines is 1. The van der Waals surface area contributed by atoms with Crippen LogP contribution in [0.4, 0.5) is 10.5 Å². The van der Waals surface area contributed by atoms with Gasteiger partial charge < -0.3 is 10.2 Å². The molecule has 136 valence electrons. The van der Waals surface area contributed by atoms with Crippen molar-refractivity contribution in [3.8, 4) is 0 Å². The van der Waals surface area contributed by atoms with Crippen LogP contribution in [0.3, 0.4) is 0 Å². The first kappa shape index (κ1) is 17.2. The molecule has 0 spiro atoms. The molecule has 0 radical (unpaired) electrons. The molecule has 3 aromatic heterocycles. The van der Waals surface area contributed by atoms with Gasteiger partial charge in [0.25, 0.3) is 5.56 Å². The van der Waals surface area contributed by atoms with Crippen molar-refractivity contribution in [3.63, 3.8) is 0 Å². The van der Waals surface area contributed by atoms with Gasteiger partial charge in [0.2, 0.25) is 0 Å². The van der Waals surface area contributed by atoms with Gasteiger partial charge in [-0.05, 0) is 35.2 Å². The lowest BCUT2D eigenvalue weighted by Gasteiger charge is -2.34. The van der Waals surface area contributed by atoms with Crippen LogP contribution in [-0.2, 0) is 6.54 Å². The van der Waals surface area contributed by atoms with Gasteiger partial charge in [-0.1, -0.05) is 19.3 Å². The highest BCUT2D eigenvalue weighted by molar-refractivity contribution is 7.15. The van der Waals surface area contributed by atoms with E-state index in [1.165, 1.54) is 28.4 Å². The van der Waals surface area contributed by atoms with Gasteiger partial charge in [-0.15, -0.1) is 11.3 Å². The molecule has 1 aliphatic carbocycles.